The first-order valence-electron chi connectivity index (χ1n) is 9.99. The lowest BCUT2D eigenvalue weighted by molar-refractivity contribution is -0.155. The lowest BCUT2D eigenvalue weighted by Gasteiger charge is -2.56. The number of allylic oxidation sites excluding steroid dienone is 4. The fourth-order valence-electron chi connectivity index (χ4n) is 6.87. The van der Waals surface area contributed by atoms with E-state index in [-0.39, 0.29) is 17.1 Å². The van der Waals surface area contributed by atoms with Gasteiger partial charge < -0.3 is 10.2 Å². The maximum atomic E-state index is 12.4. The van der Waals surface area contributed by atoms with Crippen molar-refractivity contribution in [1.82, 2.24) is 0 Å². The highest BCUT2D eigenvalue weighted by atomic mass is 16.3. The van der Waals surface area contributed by atoms with Gasteiger partial charge >= 0.3 is 0 Å². The molecule has 2 N–H and O–H groups in total. The number of hydrogen-bond donors (Lipinski definition) is 2. The lowest BCUT2D eigenvalue weighted by atomic mass is 9.49. The molecule has 4 rings (SSSR count). The van der Waals surface area contributed by atoms with E-state index in [9.17, 15) is 19.8 Å². The van der Waals surface area contributed by atoms with Crippen LogP contribution in [0.2, 0.25) is 0 Å². The molecule has 0 aromatic carbocycles. The van der Waals surface area contributed by atoms with Crippen LogP contribution in [-0.4, -0.2) is 34.0 Å². The van der Waals surface area contributed by atoms with E-state index >= 15 is 0 Å². The Bertz CT molecular complexity index is 734. The molecular formula is C22H30O4. The first kappa shape index (κ1) is 18.1. The van der Waals surface area contributed by atoms with Gasteiger partial charge in [-0.15, -0.1) is 0 Å². The number of aliphatic hydroxyl groups is 2. The van der Waals surface area contributed by atoms with Crippen molar-refractivity contribution in [3.8, 4) is 0 Å². The van der Waals surface area contributed by atoms with Crippen LogP contribution in [0.1, 0.15) is 59.3 Å². The Hall–Kier alpha value is -1.26. The molecule has 0 radical (unpaired) electrons. The molecule has 142 valence electrons. The number of rotatable bonds is 2. The number of ketones is 2. The van der Waals surface area contributed by atoms with Crippen molar-refractivity contribution in [2.75, 3.05) is 6.61 Å². The SMILES string of the molecule is C[C@H]1CC2C(=CC[C@@]3(C)C2CC[C@]3(O)C(=O)CO)[C@@]2(C)CCC(=O)C=C12. The van der Waals surface area contributed by atoms with Gasteiger partial charge in [0, 0.05) is 17.3 Å². The summed E-state index contributed by atoms with van der Waals surface area (Å²) in [6, 6.07) is 0. The van der Waals surface area contributed by atoms with E-state index in [1.165, 1.54) is 11.1 Å². The van der Waals surface area contributed by atoms with Gasteiger partial charge in [-0.1, -0.05) is 38.0 Å². The van der Waals surface area contributed by atoms with Crippen LogP contribution < -0.4 is 0 Å². The summed E-state index contributed by atoms with van der Waals surface area (Å²) in [6.07, 6.45) is 8.52. The molecule has 6 atom stereocenters. The molecule has 0 saturated heterocycles. The molecule has 4 aliphatic carbocycles. The van der Waals surface area contributed by atoms with Gasteiger partial charge in [-0.2, -0.15) is 0 Å². The minimum absolute atomic E-state index is 0.0563. The highest BCUT2D eigenvalue weighted by Crippen LogP contribution is 2.66. The monoisotopic (exact) mass is 358 g/mol. The van der Waals surface area contributed by atoms with Crippen LogP contribution in [-0.2, 0) is 9.59 Å². The second-order valence-electron chi connectivity index (χ2n) is 9.51. The summed E-state index contributed by atoms with van der Waals surface area (Å²) in [5.41, 5.74) is 0.719. The van der Waals surface area contributed by atoms with Crippen LogP contribution in [0.15, 0.2) is 23.3 Å². The largest absolute Gasteiger partial charge is 0.388 e. The van der Waals surface area contributed by atoms with Gasteiger partial charge in [0.25, 0.3) is 0 Å². The summed E-state index contributed by atoms with van der Waals surface area (Å²) in [4.78, 5) is 24.4. The molecule has 0 bridgehead atoms. The smallest absolute Gasteiger partial charge is 0.190 e. The molecule has 0 aliphatic heterocycles. The zero-order valence-electron chi connectivity index (χ0n) is 16.0. The first-order chi connectivity index (χ1) is 12.2. The number of carbonyl (C=O) groups is 2. The molecule has 0 aromatic rings. The average molecular weight is 358 g/mol. The minimum Gasteiger partial charge on any atom is -0.388 e. The Kier molecular flexibility index (Phi) is 3.92. The number of Topliss-reactive ketones (excluding diaryl/α,β-unsaturated/α-hetero) is 1. The van der Waals surface area contributed by atoms with E-state index in [2.05, 4.69) is 19.9 Å². The van der Waals surface area contributed by atoms with Gasteiger partial charge in [0.15, 0.2) is 11.6 Å². The number of carbonyl (C=O) groups excluding carboxylic acids is 2. The van der Waals surface area contributed by atoms with Crippen molar-refractivity contribution in [3.63, 3.8) is 0 Å². The summed E-state index contributed by atoms with van der Waals surface area (Å²) < 4.78 is 0. The fraction of sp³-hybridized carbons (Fsp3) is 0.727. The molecule has 2 unspecified atom stereocenters. The maximum absolute atomic E-state index is 12.4. The molecule has 26 heavy (non-hydrogen) atoms. The van der Waals surface area contributed by atoms with Crippen molar-refractivity contribution >= 4 is 11.6 Å². The van der Waals surface area contributed by atoms with E-state index in [4.69, 9.17) is 0 Å². The summed E-state index contributed by atoms with van der Waals surface area (Å²) in [5.74, 6) is 0.753. The van der Waals surface area contributed by atoms with Crippen LogP contribution >= 0.6 is 0 Å². The minimum atomic E-state index is -1.42. The molecule has 0 amide bonds. The third kappa shape index (κ3) is 2.09. The molecule has 0 aromatic heterocycles. The van der Waals surface area contributed by atoms with E-state index in [0.29, 0.717) is 31.1 Å². The molecule has 0 spiro atoms. The average Bonchev–Trinajstić information content (AvgIpc) is 2.88. The number of aliphatic hydroxyl groups excluding tert-OH is 1. The number of fused-ring (bicyclic) bond motifs is 5. The fourth-order valence-corrected chi connectivity index (χ4v) is 6.87. The van der Waals surface area contributed by atoms with Crippen LogP contribution in [0.3, 0.4) is 0 Å². The Morgan fingerprint density at radius 3 is 2.69 bits per heavy atom. The second kappa shape index (κ2) is 5.62. The van der Waals surface area contributed by atoms with Gasteiger partial charge in [-0.05, 0) is 55.9 Å². The maximum Gasteiger partial charge on any atom is 0.190 e. The third-order valence-electron chi connectivity index (χ3n) is 8.42. The van der Waals surface area contributed by atoms with Gasteiger partial charge in [0.2, 0.25) is 0 Å². The highest BCUT2D eigenvalue weighted by molar-refractivity contribution is 5.92. The highest BCUT2D eigenvalue weighted by Gasteiger charge is 2.64. The first-order valence-corrected chi connectivity index (χ1v) is 9.99. The van der Waals surface area contributed by atoms with Crippen molar-refractivity contribution in [2.45, 2.75) is 64.9 Å². The van der Waals surface area contributed by atoms with Gasteiger partial charge in [0.1, 0.15) is 12.2 Å². The molecule has 4 aliphatic rings. The van der Waals surface area contributed by atoms with Crippen molar-refractivity contribution in [2.24, 2.45) is 28.6 Å². The predicted molar refractivity (Wildman–Crippen MR) is 98.3 cm³/mol. The lowest BCUT2D eigenvalue weighted by Crippen LogP contribution is -2.56. The van der Waals surface area contributed by atoms with Crippen molar-refractivity contribution < 1.29 is 19.8 Å². The summed E-state index contributed by atoms with van der Waals surface area (Å²) >= 11 is 0. The molecule has 2 fully saturated rings. The molecular weight excluding hydrogens is 328 g/mol. The Morgan fingerprint density at radius 1 is 1.27 bits per heavy atom. The molecule has 4 heteroatoms. The molecule has 0 heterocycles. The Balaban J connectivity index is 1.79. The van der Waals surface area contributed by atoms with E-state index in [0.717, 1.165) is 19.3 Å². The van der Waals surface area contributed by atoms with E-state index in [1.807, 2.05) is 13.0 Å². The molecule has 4 nitrogen and oxygen atoms in total. The second-order valence-corrected chi connectivity index (χ2v) is 9.51. The summed E-state index contributed by atoms with van der Waals surface area (Å²) in [6.45, 7) is 5.94. The van der Waals surface area contributed by atoms with Crippen LogP contribution in [0.25, 0.3) is 0 Å². The van der Waals surface area contributed by atoms with Gasteiger partial charge in [-0.3, -0.25) is 9.59 Å². The molecule has 2 saturated carbocycles. The van der Waals surface area contributed by atoms with E-state index < -0.39 is 23.4 Å². The summed E-state index contributed by atoms with van der Waals surface area (Å²) in [5, 5.41) is 20.6. The van der Waals surface area contributed by atoms with E-state index in [1.54, 1.807) is 0 Å². The Labute approximate surface area is 155 Å². The summed E-state index contributed by atoms with van der Waals surface area (Å²) in [7, 11) is 0. The van der Waals surface area contributed by atoms with Crippen molar-refractivity contribution in [3.05, 3.63) is 23.3 Å². The van der Waals surface area contributed by atoms with Gasteiger partial charge in [-0.25, -0.2) is 0 Å². The van der Waals surface area contributed by atoms with Gasteiger partial charge in [0.05, 0.1) is 0 Å². The number of hydrogen-bond acceptors (Lipinski definition) is 4. The zero-order chi connectivity index (χ0) is 18.9. The topological polar surface area (TPSA) is 74.6 Å². The normalized spacial score (nSPS) is 47.4. The zero-order valence-corrected chi connectivity index (χ0v) is 16.0. The van der Waals surface area contributed by atoms with Crippen LogP contribution in [0.4, 0.5) is 0 Å². The predicted octanol–water partition coefficient (Wildman–Crippen LogP) is 2.98. The van der Waals surface area contributed by atoms with Crippen LogP contribution in [0.5, 0.6) is 0 Å². The third-order valence-corrected chi connectivity index (χ3v) is 8.42. The van der Waals surface area contributed by atoms with Crippen molar-refractivity contribution in [1.29, 1.82) is 0 Å². The Morgan fingerprint density at radius 2 is 2.00 bits per heavy atom. The van der Waals surface area contributed by atoms with Crippen LogP contribution in [0, 0.1) is 28.6 Å². The standard InChI is InChI=1S/C22H30O4/c1-13-10-15-16(20(2)7-4-14(24)11-18(13)20)5-8-21(3)17(15)6-9-22(21,26)19(25)12-23/h5,11,13,15,17,23,26H,4,6-10,12H2,1-3H3/t13-,15?,17?,20+,21-,22-/m0/s1. The quantitative estimate of drug-likeness (QED) is 0.744.